The summed E-state index contributed by atoms with van der Waals surface area (Å²) in [4.78, 5) is 16.1. The van der Waals surface area contributed by atoms with Crippen LogP contribution in [-0.4, -0.2) is 10.9 Å². The van der Waals surface area contributed by atoms with Crippen molar-refractivity contribution >= 4 is 5.91 Å². The molecule has 1 N–H and O–H groups in total. The van der Waals surface area contributed by atoms with Gasteiger partial charge >= 0.3 is 0 Å². The number of hydrogen-bond acceptors (Lipinski definition) is 3. The summed E-state index contributed by atoms with van der Waals surface area (Å²) < 4.78 is 5.04. The van der Waals surface area contributed by atoms with E-state index in [9.17, 15) is 4.79 Å². The smallest absolute Gasteiger partial charge is 0.287 e. The van der Waals surface area contributed by atoms with Crippen LogP contribution in [0.3, 0.4) is 0 Å². The molecule has 0 unspecified atom stereocenters. The molecular formula is C13H14N2O2. The van der Waals surface area contributed by atoms with Gasteiger partial charge in [0.1, 0.15) is 0 Å². The molecule has 0 radical (unpaired) electrons. The average molecular weight is 230 g/mol. The number of aromatic nitrogens is 1. The monoisotopic (exact) mass is 230 g/mol. The molecule has 0 bridgehead atoms. The number of carbonyl (C=O) groups is 1. The molecule has 4 nitrogen and oxygen atoms in total. The first-order chi connectivity index (χ1) is 8.09. The number of nitrogens with one attached hydrogen (secondary N) is 1. The van der Waals surface area contributed by atoms with Gasteiger partial charge in [-0.05, 0) is 38.1 Å². The van der Waals surface area contributed by atoms with Crippen molar-refractivity contribution in [2.45, 2.75) is 19.4 Å². The first-order valence-corrected chi connectivity index (χ1v) is 5.37. The zero-order valence-electron chi connectivity index (χ0n) is 9.81. The highest BCUT2D eigenvalue weighted by Gasteiger charge is 2.25. The Kier molecular flexibility index (Phi) is 2.95. The van der Waals surface area contributed by atoms with Crippen LogP contribution in [0.5, 0.6) is 0 Å². The summed E-state index contributed by atoms with van der Waals surface area (Å²) in [6, 6.07) is 8.92. The van der Waals surface area contributed by atoms with E-state index < -0.39 is 5.54 Å². The number of rotatable bonds is 3. The minimum Gasteiger partial charge on any atom is -0.459 e. The molecule has 0 atom stereocenters. The summed E-state index contributed by atoms with van der Waals surface area (Å²) in [6.45, 7) is 3.80. The van der Waals surface area contributed by atoms with E-state index in [1.165, 1.54) is 6.26 Å². The van der Waals surface area contributed by atoms with Crippen molar-refractivity contribution in [3.63, 3.8) is 0 Å². The van der Waals surface area contributed by atoms with Crippen LogP contribution in [0, 0.1) is 0 Å². The zero-order valence-corrected chi connectivity index (χ0v) is 9.81. The molecule has 0 aliphatic heterocycles. The van der Waals surface area contributed by atoms with E-state index in [4.69, 9.17) is 4.42 Å². The third-order valence-electron chi connectivity index (χ3n) is 2.48. The van der Waals surface area contributed by atoms with Crippen LogP contribution in [0.1, 0.15) is 30.1 Å². The van der Waals surface area contributed by atoms with Crippen LogP contribution < -0.4 is 5.32 Å². The molecule has 0 fully saturated rings. The third kappa shape index (κ3) is 2.53. The molecule has 0 spiro atoms. The fraction of sp³-hybridized carbons (Fsp3) is 0.231. The van der Waals surface area contributed by atoms with Gasteiger partial charge in [-0.2, -0.15) is 0 Å². The fourth-order valence-corrected chi connectivity index (χ4v) is 1.55. The SMILES string of the molecule is CC(C)(NC(=O)c1ccco1)c1ccccn1. The van der Waals surface area contributed by atoms with Crippen LogP contribution in [-0.2, 0) is 5.54 Å². The summed E-state index contributed by atoms with van der Waals surface area (Å²) in [5.74, 6) is 0.0552. The fourth-order valence-electron chi connectivity index (χ4n) is 1.55. The molecule has 0 aromatic carbocycles. The second-order valence-electron chi connectivity index (χ2n) is 4.27. The molecule has 2 aromatic heterocycles. The molecule has 0 saturated heterocycles. The molecule has 1 amide bonds. The lowest BCUT2D eigenvalue weighted by Gasteiger charge is -2.25. The second-order valence-corrected chi connectivity index (χ2v) is 4.27. The van der Waals surface area contributed by atoms with E-state index in [1.807, 2.05) is 32.0 Å². The van der Waals surface area contributed by atoms with Crippen molar-refractivity contribution in [1.82, 2.24) is 10.3 Å². The predicted molar refractivity (Wildman–Crippen MR) is 63.4 cm³/mol. The maximum Gasteiger partial charge on any atom is 0.287 e. The van der Waals surface area contributed by atoms with Gasteiger partial charge < -0.3 is 9.73 Å². The van der Waals surface area contributed by atoms with E-state index in [1.54, 1.807) is 18.3 Å². The highest BCUT2D eigenvalue weighted by atomic mass is 16.3. The molecule has 17 heavy (non-hydrogen) atoms. The molecule has 88 valence electrons. The van der Waals surface area contributed by atoms with Crippen LogP contribution in [0.2, 0.25) is 0 Å². The molecule has 2 aromatic rings. The number of amides is 1. The minimum atomic E-state index is -0.537. The van der Waals surface area contributed by atoms with Gasteiger partial charge in [0.2, 0.25) is 0 Å². The van der Waals surface area contributed by atoms with Gasteiger partial charge in [0, 0.05) is 6.20 Å². The van der Waals surface area contributed by atoms with Gasteiger partial charge in [-0.1, -0.05) is 6.07 Å². The van der Waals surface area contributed by atoms with Crippen molar-refractivity contribution in [2.75, 3.05) is 0 Å². The number of furan rings is 1. The normalized spacial score (nSPS) is 11.2. The topological polar surface area (TPSA) is 55.1 Å². The largest absolute Gasteiger partial charge is 0.459 e. The summed E-state index contributed by atoms with van der Waals surface area (Å²) >= 11 is 0. The second kappa shape index (κ2) is 4.41. The van der Waals surface area contributed by atoms with Crippen molar-refractivity contribution in [3.05, 3.63) is 54.2 Å². The van der Waals surface area contributed by atoms with Crippen LogP contribution in [0.15, 0.2) is 47.2 Å². The quantitative estimate of drug-likeness (QED) is 0.880. The van der Waals surface area contributed by atoms with Gasteiger partial charge in [-0.3, -0.25) is 9.78 Å². The van der Waals surface area contributed by atoms with Crippen molar-refractivity contribution < 1.29 is 9.21 Å². The van der Waals surface area contributed by atoms with Crippen molar-refractivity contribution in [1.29, 1.82) is 0 Å². The highest BCUT2D eigenvalue weighted by molar-refractivity contribution is 5.91. The van der Waals surface area contributed by atoms with E-state index in [-0.39, 0.29) is 5.91 Å². The van der Waals surface area contributed by atoms with Crippen LogP contribution in [0.4, 0.5) is 0 Å². The molecule has 4 heteroatoms. The van der Waals surface area contributed by atoms with Gasteiger partial charge in [0.05, 0.1) is 17.5 Å². The number of nitrogens with zero attached hydrogens (tertiary/aromatic N) is 1. The number of hydrogen-bond donors (Lipinski definition) is 1. The third-order valence-corrected chi connectivity index (χ3v) is 2.48. The van der Waals surface area contributed by atoms with Gasteiger partial charge in [0.25, 0.3) is 5.91 Å². The molecular weight excluding hydrogens is 216 g/mol. The Morgan fingerprint density at radius 2 is 2.12 bits per heavy atom. The van der Waals surface area contributed by atoms with E-state index >= 15 is 0 Å². The predicted octanol–water partition coefficient (Wildman–Crippen LogP) is 2.34. The summed E-state index contributed by atoms with van der Waals surface area (Å²) in [7, 11) is 0. The average Bonchev–Trinajstić information content (AvgIpc) is 2.83. The Morgan fingerprint density at radius 1 is 1.29 bits per heavy atom. The summed E-state index contributed by atoms with van der Waals surface area (Å²) in [5, 5.41) is 2.88. The minimum absolute atomic E-state index is 0.245. The van der Waals surface area contributed by atoms with Gasteiger partial charge in [0.15, 0.2) is 5.76 Å². The molecule has 0 aliphatic carbocycles. The Labute approximate surface area is 99.7 Å². The summed E-state index contributed by atoms with van der Waals surface area (Å²) in [5.41, 5.74) is 0.269. The Morgan fingerprint density at radius 3 is 2.71 bits per heavy atom. The lowest BCUT2D eigenvalue weighted by molar-refractivity contribution is 0.0881. The first-order valence-electron chi connectivity index (χ1n) is 5.37. The Balaban J connectivity index is 2.15. The molecule has 0 saturated carbocycles. The van der Waals surface area contributed by atoms with E-state index in [2.05, 4.69) is 10.3 Å². The van der Waals surface area contributed by atoms with Gasteiger partial charge in [-0.15, -0.1) is 0 Å². The van der Waals surface area contributed by atoms with Gasteiger partial charge in [-0.25, -0.2) is 0 Å². The van der Waals surface area contributed by atoms with Crippen molar-refractivity contribution in [3.8, 4) is 0 Å². The summed E-state index contributed by atoms with van der Waals surface area (Å²) in [6.07, 6.45) is 3.18. The maximum absolute atomic E-state index is 11.9. The zero-order chi connectivity index (χ0) is 12.3. The lowest BCUT2D eigenvalue weighted by atomic mass is 10.00. The molecule has 2 heterocycles. The molecule has 0 aliphatic rings. The lowest BCUT2D eigenvalue weighted by Crippen LogP contribution is -2.41. The Bertz CT molecular complexity index is 489. The highest BCUT2D eigenvalue weighted by Crippen LogP contribution is 2.17. The van der Waals surface area contributed by atoms with E-state index in [0.717, 1.165) is 5.69 Å². The maximum atomic E-state index is 11.9. The van der Waals surface area contributed by atoms with Crippen LogP contribution in [0.25, 0.3) is 0 Å². The number of pyridine rings is 1. The van der Waals surface area contributed by atoms with E-state index in [0.29, 0.717) is 5.76 Å². The van der Waals surface area contributed by atoms with Crippen LogP contribution >= 0.6 is 0 Å². The standard InChI is InChI=1S/C13H14N2O2/c1-13(2,11-7-3-4-8-14-11)15-12(16)10-6-5-9-17-10/h3-9H,1-2H3,(H,15,16). The first kappa shape index (κ1) is 11.4. The number of carbonyl (C=O) groups excluding carboxylic acids is 1. The Hall–Kier alpha value is -2.10. The molecule has 2 rings (SSSR count). The van der Waals surface area contributed by atoms with Crippen molar-refractivity contribution in [2.24, 2.45) is 0 Å².